The van der Waals surface area contributed by atoms with Crippen LogP contribution in [-0.4, -0.2) is 36.3 Å². The Morgan fingerprint density at radius 3 is 2.25 bits per heavy atom. The average molecular weight is 383 g/mol. The first-order valence-electron chi connectivity index (χ1n) is 9.74. The zero-order chi connectivity index (χ0) is 20.1. The van der Waals surface area contributed by atoms with Gasteiger partial charge in [0.05, 0.1) is 6.54 Å². The molecule has 0 radical (unpaired) electrons. The molecule has 0 saturated heterocycles. The average Bonchev–Trinajstić information content (AvgIpc) is 3.53. The number of hydrogen-bond donors (Lipinski definition) is 2. The summed E-state index contributed by atoms with van der Waals surface area (Å²) in [6.07, 6.45) is 2.09. The van der Waals surface area contributed by atoms with Gasteiger partial charge < -0.3 is 15.5 Å². The van der Waals surface area contributed by atoms with Gasteiger partial charge in [-0.15, -0.1) is 0 Å². The second-order valence-electron chi connectivity index (χ2n) is 6.97. The third-order valence-electron chi connectivity index (χ3n) is 4.94. The van der Waals surface area contributed by atoms with Crippen LogP contribution in [-0.2, 0) is 4.79 Å². The first-order valence-corrected chi connectivity index (χ1v) is 9.74. The van der Waals surface area contributed by atoms with Crippen molar-refractivity contribution in [3.8, 4) is 0 Å². The van der Waals surface area contributed by atoms with Gasteiger partial charge in [-0.2, -0.15) is 0 Å². The summed E-state index contributed by atoms with van der Waals surface area (Å²) in [6, 6.07) is 11.9. The van der Waals surface area contributed by atoms with Crippen LogP contribution in [0.5, 0.6) is 0 Å². The molecule has 2 amide bonds. The molecule has 1 aliphatic carbocycles. The Balaban J connectivity index is 1.52. The molecule has 0 heterocycles. The molecule has 0 unspecified atom stereocenters. The van der Waals surface area contributed by atoms with E-state index in [1.807, 2.05) is 13.8 Å². The van der Waals surface area contributed by atoms with E-state index in [9.17, 15) is 14.0 Å². The Morgan fingerprint density at radius 1 is 1.04 bits per heavy atom. The largest absolute Gasteiger partial charge is 0.376 e. The summed E-state index contributed by atoms with van der Waals surface area (Å²) >= 11 is 0. The minimum absolute atomic E-state index is 0.0267. The van der Waals surface area contributed by atoms with E-state index in [4.69, 9.17) is 0 Å². The molecule has 148 valence electrons. The van der Waals surface area contributed by atoms with Crippen LogP contribution in [0, 0.1) is 5.82 Å². The Labute approximate surface area is 164 Å². The molecule has 28 heavy (non-hydrogen) atoms. The van der Waals surface area contributed by atoms with E-state index in [1.54, 1.807) is 41.3 Å². The molecule has 1 saturated carbocycles. The molecule has 2 N–H and O–H groups in total. The first kappa shape index (κ1) is 19.9. The number of hydrogen-bond acceptors (Lipinski definition) is 3. The van der Waals surface area contributed by atoms with E-state index in [-0.39, 0.29) is 24.2 Å². The topological polar surface area (TPSA) is 61.4 Å². The van der Waals surface area contributed by atoms with E-state index < -0.39 is 0 Å². The van der Waals surface area contributed by atoms with E-state index in [0.717, 1.165) is 18.4 Å². The highest BCUT2D eigenvalue weighted by molar-refractivity contribution is 5.96. The Morgan fingerprint density at radius 2 is 1.68 bits per heavy atom. The van der Waals surface area contributed by atoms with Gasteiger partial charge in [0.15, 0.2) is 0 Å². The second kappa shape index (κ2) is 8.87. The molecule has 5 nitrogen and oxygen atoms in total. The predicted octanol–water partition coefficient (Wildman–Crippen LogP) is 4.24. The van der Waals surface area contributed by atoms with Gasteiger partial charge in [0, 0.05) is 30.0 Å². The number of nitrogens with zero attached hydrogens (tertiary/aromatic N) is 1. The highest BCUT2D eigenvalue weighted by Crippen LogP contribution is 2.41. The van der Waals surface area contributed by atoms with Gasteiger partial charge in [-0.1, -0.05) is 6.07 Å². The second-order valence-corrected chi connectivity index (χ2v) is 6.97. The number of halogens is 1. The van der Waals surface area contributed by atoms with Crippen molar-refractivity contribution in [1.82, 2.24) is 4.90 Å². The van der Waals surface area contributed by atoms with E-state index in [2.05, 4.69) is 10.6 Å². The van der Waals surface area contributed by atoms with Crippen molar-refractivity contribution in [3.05, 3.63) is 59.4 Å². The lowest BCUT2D eigenvalue weighted by atomic mass is 10.1. The zero-order valence-corrected chi connectivity index (χ0v) is 16.3. The van der Waals surface area contributed by atoms with Gasteiger partial charge in [0.1, 0.15) is 5.82 Å². The van der Waals surface area contributed by atoms with Crippen molar-refractivity contribution in [2.24, 2.45) is 0 Å². The van der Waals surface area contributed by atoms with Crippen molar-refractivity contribution >= 4 is 23.2 Å². The molecule has 0 aliphatic heterocycles. The molecule has 1 aliphatic rings. The number of anilines is 2. The summed E-state index contributed by atoms with van der Waals surface area (Å²) in [4.78, 5) is 26.2. The molecule has 0 bridgehead atoms. The van der Waals surface area contributed by atoms with E-state index in [1.165, 1.54) is 6.07 Å². The standard InChI is InChI=1S/C22H26FN3O2/c1-3-26(4-2)22(28)16-7-9-17(10-8-16)25-21(27)14-24-18-11-12-19(15-5-6-15)20(23)13-18/h7-13,15,24H,3-6,14H2,1-2H3,(H,25,27). The number of nitrogens with one attached hydrogen (secondary N) is 2. The third-order valence-corrected chi connectivity index (χ3v) is 4.94. The van der Waals surface area contributed by atoms with Gasteiger partial charge >= 0.3 is 0 Å². The number of carbonyl (C=O) groups excluding carboxylic acids is 2. The summed E-state index contributed by atoms with van der Waals surface area (Å²) in [6.45, 7) is 5.22. The van der Waals surface area contributed by atoms with Crippen LogP contribution >= 0.6 is 0 Å². The molecular formula is C22H26FN3O2. The summed E-state index contributed by atoms with van der Waals surface area (Å²) in [7, 11) is 0. The van der Waals surface area contributed by atoms with Gasteiger partial charge in [-0.05, 0) is 74.6 Å². The Bertz CT molecular complexity index is 843. The van der Waals surface area contributed by atoms with Crippen LogP contribution in [0.15, 0.2) is 42.5 Å². The molecule has 3 rings (SSSR count). The fraction of sp³-hybridized carbons (Fsp3) is 0.364. The monoisotopic (exact) mass is 383 g/mol. The number of benzene rings is 2. The van der Waals surface area contributed by atoms with Crippen LogP contribution < -0.4 is 10.6 Å². The molecule has 0 atom stereocenters. The molecular weight excluding hydrogens is 357 g/mol. The van der Waals surface area contributed by atoms with Gasteiger partial charge in [0.2, 0.25) is 5.91 Å². The Hall–Kier alpha value is -2.89. The lowest BCUT2D eigenvalue weighted by molar-refractivity contribution is -0.114. The van der Waals surface area contributed by atoms with Crippen molar-refractivity contribution in [1.29, 1.82) is 0 Å². The van der Waals surface area contributed by atoms with Crippen LogP contribution in [0.4, 0.5) is 15.8 Å². The Kier molecular flexibility index (Phi) is 6.29. The first-order chi connectivity index (χ1) is 13.5. The van der Waals surface area contributed by atoms with Crippen LogP contribution in [0.3, 0.4) is 0 Å². The quantitative estimate of drug-likeness (QED) is 0.717. The van der Waals surface area contributed by atoms with Gasteiger partial charge in [-0.3, -0.25) is 9.59 Å². The van der Waals surface area contributed by atoms with Gasteiger partial charge in [-0.25, -0.2) is 4.39 Å². The fourth-order valence-electron chi connectivity index (χ4n) is 3.14. The van der Waals surface area contributed by atoms with Crippen molar-refractivity contribution in [2.45, 2.75) is 32.6 Å². The van der Waals surface area contributed by atoms with Crippen molar-refractivity contribution in [3.63, 3.8) is 0 Å². The maximum absolute atomic E-state index is 14.1. The molecule has 1 fully saturated rings. The predicted molar refractivity (Wildman–Crippen MR) is 109 cm³/mol. The van der Waals surface area contributed by atoms with Crippen molar-refractivity contribution in [2.75, 3.05) is 30.3 Å². The molecule has 6 heteroatoms. The minimum Gasteiger partial charge on any atom is -0.376 e. The molecule has 0 aromatic heterocycles. The maximum Gasteiger partial charge on any atom is 0.253 e. The van der Waals surface area contributed by atoms with Crippen LogP contribution in [0.25, 0.3) is 0 Å². The highest BCUT2D eigenvalue weighted by Gasteiger charge is 2.26. The third kappa shape index (κ3) is 4.88. The summed E-state index contributed by atoms with van der Waals surface area (Å²) in [5, 5.41) is 5.71. The summed E-state index contributed by atoms with van der Waals surface area (Å²) in [5.74, 6) is -0.133. The van der Waals surface area contributed by atoms with Crippen LogP contribution in [0.1, 0.15) is 48.5 Å². The van der Waals surface area contributed by atoms with Gasteiger partial charge in [0.25, 0.3) is 5.91 Å². The fourth-order valence-corrected chi connectivity index (χ4v) is 3.14. The number of carbonyl (C=O) groups is 2. The SMILES string of the molecule is CCN(CC)C(=O)c1ccc(NC(=O)CNc2ccc(C3CC3)c(F)c2)cc1. The molecule has 2 aromatic carbocycles. The van der Waals surface area contributed by atoms with Crippen molar-refractivity contribution < 1.29 is 14.0 Å². The molecule has 2 aromatic rings. The minimum atomic E-state index is -0.241. The maximum atomic E-state index is 14.1. The van der Waals surface area contributed by atoms with E-state index >= 15 is 0 Å². The smallest absolute Gasteiger partial charge is 0.253 e. The summed E-state index contributed by atoms with van der Waals surface area (Å²) in [5.41, 5.74) is 2.54. The van der Waals surface area contributed by atoms with Crippen LogP contribution in [0.2, 0.25) is 0 Å². The lowest BCUT2D eigenvalue weighted by Gasteiger charge is -2.18. The molecule has 0 spiro atoms. The number of rotatable bonds is 8. The van der Waals surface area contributed by atoms with E-state index in [0.29, 0.717) is 35.9 Å². The number of amides is 2. The normalized spacial score (nSPS) is 13.1. The highest BCUT2D eigenvalue weighted by atomic mass is 19.1. The lowest BCUT2D eigenvalue weighted by Crippen LogP contribution is -2.30. The zero-order valence-electron chi connectivity index (χ0n) is 16.3. The summed E-state index contributed by atoms with van der Waals surface area (Å²) < 4.78 is 14.1.